The second kappa shape index (κ2) is 6.29. The van der Waals surface area contributed by atoms with Crippen molar-refractivity contribution in [3.63, 3.8) is 0 Å². The molecule has 4 rings (SSSR count). The van der Waals surface area contributed by atoms with Gasteiger partial charge in [0.15, 0.2) is 5.76 Å². The summed E-state index contributed by atoms with van der Waals surface area (Å²) < 4.78 is 11.6. The minimum atomic E-state index is 0.0274. The zero-order valence-electron chi connectivity index (χ0n) is 13.9. The van der Waals surface area contributed by atoms with Gasteiger partial charge in [0.2, 0.25) is 0 Å². The number of hydrogen-bond donors (Lipinski definition) is 0. The number of carbonyl (C=O) groups excluding carboxylic acids is 1. The monoisotopic (exact) mass is 318 g/mol. The fraction of sp³-hybridized carbons (Fsp3) is 0.722. The van der Waals surface area contributed by atoms with Crippen LogP contribution in [0, 0.1) is 18.8 Å². The first kappa shape index (κ1) is 15.2. The van der Waals surface area contributed by atoms with Gasteiger partial charge in [-0.15, -0.1) is 0 Å². The van der Waals surface area contributed by atoms with Gasteiger partial charge in [0.25, 0.3) is 5.91 Å². The van der Waals surface area contributed by atoms with Crippen molar-refractivity contribution in [2.75, 3.05) is 39.3 Å². The summed E-state index contributed by atoms with van der Waals surface area (Å²) in [6, 6.07) is 3.63. The molecule has 5 heteroatoms. The maximum absolute atomic E-state index is 12.5. The molecule has 5 nitrogen and oxygen atoms in total. The Hall–Kier alpha value is -1.33. The van der Waals surface area contributed by atoms with Crippen LogP contribution in [0.3, 0.4) is 0 Å². The molecule has 1 aromatic rings. The van der Waals surface area contributed by atoms with Crippen LogP contribution in [-0.4, -0.2) is 61.1 Å². The van der Waals surface area contributed by atoms with Gasteiger partial charge in [-0.3, -0.25) is 4.79 Å². The van der Waals surface area contributed by atoms with Crippen molar-refractivity contribution >= 4 is 5.91 Å². The van der Waals surface area contributed by atoms with Crippen molar-refractivity contribution in [3.8, 4) is 0 Å². The molecule has 1 amide bonds. The van der Waals surface area contributed by atoms with E-state index in [0.29, 0.717) is 23.7 Å². The van der Waals surface area contributed by atoms with Gasteiger partial charge < -0.3 is 19.0 Å². The standard InChI is InChI=1S/C18H26N2O3/c1-13-4-5-16(23-13)18(21)20-9-6-15-14(10-20)12-22-17(15)11-19-7-2-3-8-19/h4-5,14-15,17H,2-3,6-12H2,1H3/t14-,15-,17+/m1/s1. The Balaban J connectivity index is 1.36. The molecule has 126 valence electrons. The fourth-order valence-corrected chi connectivity index (χ4v) is 4.38. The van der Waals surface area contributed by atoms with Crippen LogP contribution in [-0.2, 0) is 4.74 Å². The Morgan fingerprint density at radius 2 is 2.09 bits per heavy atom. The normalized spacial score (nSPS) is 31.5. The molecule has 0 aromatic carbocycles. The summed E-state index contributed by atoms with van der Waals surface area (Å²) >= 11 is 0. The van der Waals surface area contributed by atoms with E-state index in [0.717, 1.165) is 38.4 Å². The van der Waals surface area contributed by atoms with E-state index in [4.69, 9.17) is 9.15 Å². The van der Waals surface area contributed by atoms with Crippen molar-refractivity contribution < 1.29 is 13.9 Å². The van der Waals surface area contributed by atoms with Gasteiger partial charge >= 0.3 is 0 Å². The van der Waals surface area contributed by atoms with Gasteiger partial charge in [0.1, 0.15) is 5.76 Å². The average Bonchev–Trinajstić information content (AvgIpc) is 3.28. The number of rotatable bonds is 3. The largest absolute Gasteiger partial charge is 0.456 e. The van der Waals surface area contributed by atoms with E-state index < -0.39 is 0 Å². The van der Waals surface area contributed by atoms with E-state index in [-0.39, 0.29) is 5.91 Å². The second-order valence-corrected chi connectivity index (χ2v) is 7.25. The third-order valence-electron chi connectivity index (χ3n) is 5.67. The molecule has 3 aliphatic rings. The van der Waals surface area contributed by atoms with Gasteiger partial charge in [-0.2, -0.15) is 0 Å². The van der Waals surface area contributed by atoms with Crippen LogP contribution in [0.25, 0.3) is 0 Å². The van der Waals surface area contributed by atoms with Crippen LogP contribution in [0.15, 0.2) is 16.5 Å². The summed E-state index contributed by atoms with van der Waals surface area (Å²) in [5.74, 6) is 2.38. The number of hydrogen-bond acceptors (Lipinski definition) is 4. The Bertz CT molecular complexity index is 564. The molecule has 0 N–H and O–H groups in total. The quantitative estimate of drug-likeness (QED) is 0.857. The highest BCUT2D eigenvalue weighted by Gasteiger charge is 2.42. The summed E-state index contributed by atoms with van der Waals surface area (Å²) in [5.41, 5.74) is 0. The predicted octanol–water partition coefficient (Wildman–Crippen LogP) is 2.16. The van der Waals surface area contributed by atoms with E-state index in [1.807, 2.05) is 17.9 Å². The topological polar surface area (TPSA) is 45.9 Å². The minimum Gasteiger partial charge on any atom is -0.456 e. The van der Waals surface area contributed by atoms with Crippen molar-refractivity contribution in [1.29, 1.82) is 0 Å². The van der Waals surface area contributed by atoms with Crippen molar-refractivity contribution in [1.82, 2.24) is 9.80 Å². The van der Waals surface area contributed by atoms with Crippen LogP contribution in [0.4, 0.5) is 0 Å². The first-order valence-corrected chi connectivity index (χ1v) is 8.90. The number of nitrogens with zero attached hydrogens (tertiary/aromatic N) is 2. The molecule has 0 radical (unpaired) electrons. The highest BCUT2D eigenvalue weighted by molar-refractivity contribution is 5.91. The van der Waals surface area contributed by atoms with Gasteiger partial charge in [0, 0.05) is 25.6 Å². The summed E-state index contributed by atoms with van der Waals surface area (Å²) in [6.45, 7) is 7.81. The number of piperidine rings is 1. The number of carbonyl (C=O) groups is 1. The highest BCUT2D eigenvalue weighted by atomic mass is 16.5. The summed E-state index contributed by atoms with van der Waals surface area (Å²) in [7, 11) is 0. The average molecular weight is 318 g/mol. The molecule has 4 heterocycles. The molecule has 3 aliphatic heterocycles. The van der Waals surface area contributed by atoms with Crippen molar-refractivity contribution in [2.45, 2.75) is 32.3 Å². The molecule has 0 saturated carbocycles. The molecular formula is C18H26N2O3. The minimum absolute atomic E-state index is 0.0274. The maximum atomic E-state index is 12.5. The van der Waals surface area contributed by atoms with Crippen LogP contribution < -0.4 is 0 Å². The van der Waals surface area contributed by atoms with E-state index in [9.17, 15) is 4.79 Å². The molecule has 23 heavy (non-hydrogen) atoms. The molecule has 0 spiro atoms. The molecule has 3 saturated heterocycles. The predicted molar refractivity (Wildman–Crippen MR) is 86.4 cm³/mol. The Kier molecular flexibility index (Phi) is 4.16. The molecule has 3 atom stereocenters. The Morgan fingerprint density at radius 1 is 1.26 bits per heavy atom. The van der Waals surface area contributed by atoms with Crippen molar-refractivity contribution in [2.24, 2.45) is 11.8 Å². The van der Waals surface area contributed by atoms with Crippen LogP contribution in [0.1, 0.15) is 35.6 Å². The number of amides is 1. The third kappa shape index (κ3) is 3.04. The van der Waals surface area contributed by atoms with Crippen molar-refractivity contribution in [3.05, 3.63) is 23.7 Å². The Labute approximate surface area is 137 Å². The lowest BCUT2D eigenvalue weighted by molar-refractivity contribution is 0.0503. The van der Waals surface area contributed by atoms with Gasteiger partial charge in [0.05, 0.1) is 12.7 Å². The zero-order valence-corrected chi connectivity index (χ0v) is 13.9. The van der Waals surface area contributed by atoms with E-state index in [1.165, 1.54) is 25.9 Å². The summed E-state index contributed by atoms with van der Waals surface area (Å²) in [4.78, 5) is 17.0. The van der Waals surface area contributed by atoms with E-state index in [1.54, 1.807) is 6.07 Å². The lowest BCUT2D eigenvalue weighted by atomic mass is 9.84. The SMILES string of the molecule is Cc1ccc(C(=O)N2CC[C@@H]3[C@@H](CO[C@H]3CN3CCCC3)C2)o1. The fourth-order valence-electron chi connectivity index (χ4n) is 4.38. The number of aryl methyl sites for hydroxylation is 1. The summed E-state index contributed by atoms with van der Waals surface area (Å²) in [5, 5.41) is 0. The molecule has 1 aromatic heterocycles. The third-order valence-corrected chi connectivity index (χ3v) is 5.67. The highest BCUT2D eigenvalue weighted by Crippen LogP contribution is 2.35. The first-order chi connectivity index (χ1) is 11.2. The number of likely N-dealkylation sites (tertiary alicyclic amines) is 2. The summed E-state index contributed by atoms with van der Waals surface area (Å²) in [6.07, 6.45) is 4.06. The molecule has 0 bridgehead atoms. The second-order valence-electron chi connectivity index (χ2n) is 7.25. The lowest BCUT2D eigenvalue weighted by Crippen LogP contribution is -2.46. The lowest BCUT2D eigenvalue weighted by Gasteiger charge is -2.36. The van der Waals surface area contributed by atoms with Crippen LogP contribution in [0.5, 0.6) is 0 Å². The first-order valence-electron chi connectivity index (χ1n) is 8.90. The molecule has 3 fully saturated rings. The van der Waals surface area contributed by atoms with Gasteiger partial charge in [-0.1, -0.05) is 0 Å². The maximum Gasteiger partial charge on any atom is 0.289 e. The van der Waals surface area contributed by atoms with Crippen LogP contribution in [0.2, 0.25) is 0 Å². The smallest absolute Gasteiger partial charge is 0.289 e. The molecule has 0 aliphatic carbocycles. The number of furan rings is 1. The number of fused-ring (bicyclic) bond motifs is 1. The van der Waals surface area contributed by atoms with E-state index in [2.05, 4.69) is 4.90 Å². The number of ether oxygens (including phenoxy) is 1. The molecule has 0 unspecified atom stereocenters. The Morgan fingerprint density at radius 3 is 2.83 bits per heavy atom. The van der Waals surface area contributed by atoms with Crippen LogP contribution >= 0.6 is 0 Å². The molecular weight excluding hydrogens is 292 g/mol. The zero-order chi connectivity index (χ0) is 15.8. The van der Waals surface area contributed by atoms with E-state index >= 15 is 0 Å². The van der Waals surface area contributed by atoms with Gasteiger partial charge in [-0.05, 0) is 57.3 Å². The van der Waals surface area contributed by atoms with Gasteiger partial charge in [-0.25, -0.2) is 0 Å².